The molecule has 2 aliphatic heterocycles. The van der Waals surface area contributed by atoms with Gasteiger partial charge < -0.3 is 19.1 Å². The van der Waals surface area contributed by atoms with Gasteiger partial charge in [0.15, 0.2) is 11.5 Å². The van der Waals surface area contributed by atoms with Crippen molar-refractivity contribution in [1.82, 2.24) is 10.2 Å². The zero-order chi connectivity index (χ0) is 24.4. The third kappa shape index (κ3) is 4.17. The van der Waals surface area contributed by atoms with Crippen LogP contribution in [0.5, 0.6) is 17.2 Å². The second-order valence-electron chi connectivity index (χ2n) is 7.70. The molecule has 2 aliphatic rings. The summed E-state index contributed by atoms with van der Waals surface area (Å²) in [5.41, 5.74) is 1.17. The lowest BCUT2D eigenvalue weighted by atomic mass is 9.98. The Morgan fingerprint density at radius 1 is 1.21 bits per heavy atom. The number of urea groups is 1. The first-order chi connectivity index (χ1) is 16.3. The van der Waals surface area contributed by atoms with E-state index in [4.69, 9.17) is 14.2 Å². The molecule has 0 aliphatic carbocycles. The fourth-order valence-electron chi connectivity index (χ4n) is 3.70. The second-order valence-corrected chi connectivity index (χ2v) is 7.70. The molecule has 10 nitrogen and oxygen atoms in total. The van der Waals surface area contributed by atoms with Gasteiger partial charge >= 0.3 is 6.03 Å². The number of hydrogen-bond donors (Lipinski definition) is 1. The molecule has 0 unspecified atom stereocenters. The van der Waals surface area contributed by atoms with Crippen molar-refractivity contribution in [2.24, 2.45) is 0 Å². The van der Waals surface area contributed by atoms with Gasteiger partial charge in [-0.05, 0) is 36.3 Å². The maximum atomic E-state index is 13.3. The minimum Gasteiger partial charge on any atom is -0.492 e. The second kappa shape index (κ2) is 9.26. The molecule has 10 heteroatoms. The number of nitrogens with one attached hydrogen (secondary N) is 1. The fraction of sp³-hybridized carbons (Fsp3) is 0.250. The van der Waals surface area contributed by atoms with Gasteiger partial charge in [-0.3, -0.25) is 19.7 Å². The molecule has 1 N–H and O–H groups in total. The lowest BCUT2D eigenvalue weighted by Gasteiger charge is -2.26. The molecule has 0 saturated carbocycles. The van der Waals surface area contributed by atoms with Crippen LogP contribution in [-0.2, 0) is 20.8 Å². The van der Waals surface area contributed by atoms with E-state index in [-0.39, 0.29) is 24.0 Å². The van der Waals surface area contributed by atoms with Crippen LogP contribution in [0.3, 0.4) is 0 Å². The molecule has 4 rings (SSSR count). The first-order valence-corrected chi connectivity index (χ1v) is 10.5. The summed E-state index contributed by atoms with van der Waals surface area (Å²) in [4.78, 5) is 52.5. The lowest BCUT2D eigenvalue weighted by Crippen LogP contribution is -2.54. The van der Waals surface area contributed by atoms with Crippen molar-refractivity contribution in [3.8, 4) is 17.2 Å². The SMILES string of the molecule is COc1c(C=C2C(=O)NC(=O)N(c3ccccc3)C2=O)c(CCN(C)C(C)=O)cc2c1OCO2. The Kier molecular flexibility index (Phi) is 6.22. The molecular formula is C24H23N3O7. The van der Waals surface area contributed by atoms with Gasteiger partial charge in [-0.2, -0.15) is 0 Å². The fourth-order valence-corrected chi connectivity index (χ4v) is 3.70. The van der Waals surface area contributed by atoms with Crippen molar-refractivity contribution in [1.29, 1.82) is 0 Å². The summed E-state index contributed by atoms with van der Waals surface area (Å²) in [5.74, 6) is -0.615. The molecule has 0 radical (unpaired) electrons. The number of benzene rings is 2. The average molecular weight is 465 g/mol. The molecule has 34 heavy (non-hydrogen) atoms. The van der Waals surface area contributed by atoms with Crippen LogP contribution in [-0.4, -0.2) is 56.1 Å². The van der Waals surface area contributed by atoms with E-state index in [1.54, 1.807) is 48.3 Å². The van der Waals surface area contributed by atoms with Crippen LogP contribution in [0.25, 0.3) is 6.08 Å². The number of anilines is 1. The standard InChI is InChI=1S/C24H23N3O7/c1-14(28)26(2)10-9-15-11-19-21(34-13-33-19)20(32-3)17(15)12-18-22(29)25-24(31)27(23(18)30)16-7-5-4-6-8-16/h4-8,11-12H,9-10,13H2,1-3H3,(H,25,29,31). The van der Waals surface area contributed by atoms with Crippen LogP contribution < -0.4 is 24.4 Å². The van der Waals surface area contributed by atoms with E-state index in [1.165, 1.54) is 20.1 Å². The van der Waals surface area contributed by atoms with Gasteiger partial charge in [0.1, 0.15) is 5.57 Å². The third-order valence-electron chi connectivity index (χ3n) is 5.61. The molecule has 0 atom stereocenters. The van der Waals surface area contributed by atoms with E-state index >= 15 is 0 Å². The normalized spacial score (nSPS) is 16.0. The smallest absolute Gasteiger partial charge is 0.335 e. The van der Waals surface area contributed by atoms with Gasteiger partial charge in [0.25, 0.3) is 11.8 Å². The van der Waals surface area contributed by atoms with Crippen molar-refractivity contribution < 1.29 is 33.4 Å². The summed E-state index contributed by atoms with van der Waals surface area (Å²) >= 11 is 0. The number of amides is 5. The van der Waals surface area contributed by atoms with Crippen molar-refractivity contribution in [2.45, 2.75) is 13.3 Å². The highest BCUT2D eigenvalue weighted by atomic mass is 16.7. The van der Waals surface area contributed by atoms with Crippen molar-refractivity contribution in [2.75, 3.05) is 32.4 Å². The number of para-hydroxylation sites is 1. The predicted octanol–water partition coefficient (Wildman–Crippen LogP) is 2.11. The Hall–Kier alpha value is -4.34. The molecule has 0 aromatic heterocycles. The van der Waals surface area contributed by atoms with Gasteiger partial charge in [-0.1, -0.05) is 18.2 Å². The number of rotatable bonds is 6. The Morgan fingerprint density at radius 2 is 1.94 bits per heavy atom. The quantitative estimate of drug-likeness (QED) is 0.513. The molecule has 1 fully saturated rings. The van der Waals surface area contributed by atoms with Gasteiger partial charge in [-0.15, -0.1) is 0 Å². The van der Waals surface area contributed by atoms with Crippen molar-refractivity contribution in [3.63, 3.8) is 0 Å². The van der Waals surface area contributed by atoms with E-state index in [9.17, 15) is 19.2 Å². The molecule has 2 heterocycles. The topological polar surface area (TPSA) is 114 Å². The van der Waals surface area contributed by atoms with Crippen LogP contribution in [0.1, 0.15) is 18.1 Å². The monoisotopic (exact) mass is 465 g/mol. The number of barbiturate groups is 1. The van der Waals surface area contributed by atoms with Gasteiger partial charge in [0, 0.05) is 26.1 Å². The lowest BCUT2D eigenvalue weighted by molar-refractivity contribution is -0.127. The van der Waals surface area contributed by atoms with Crippen LogP contribution >= 0.6 is 0 Å². The summed E-state index contributed by atoms with van der Waals surface area (Å²) in [6.07, 6.45) is 1.77. The molecule has 176 valence electrons. The summed E-state index contributed by atoms with van der Waals surface area (Å²) < 4.78 is 16.6. The number of carbonyl (C=O) groups excluding carboxylic acids is 4. The van der Waals surface area contributed by atoms with Crippen LogP contribution in [0.2, 0.25) is 0 Å². The van der Waals surface area contributed by atoms with E-state index < -0.39 is 17.8 Å². The van der Waals surface area contributed by atoms with Crippen LogP contribution in [0.4, 0.5) is 10.5 Å². The van der Waals surface area contributed by atoms with Gasteiger partial charge in [-0.25, -0.2) is 9.69 Å². The minimum absolute atomic E-state index is 0.00574. The predicted molar refractivity (Wildman–Crippen MR) is 122 cm³/mol. The molecular weight excluding hydrogens is 442 g/mol. The summed E-state index contributed by atoms with van der Waals surface area (Å²) in [5, 5.41) is 2.21. The molecule has 2 aromatic carbocycles. The minimum atomic E-state index is -0.834. The number of imide groups is 2. The first kappa shape index (κ1) is 22.8. The number of methoxy groups -OCH3 is 1. The molecule has 0 bridgehead atoms. The van der Waals surface area contributed by atoms with Gasteiger partial charge in [0.05, 0.1) is 12.8 Å². The van der Waals surface area contributed by atoms with E-state index in [1.807, 2.05) is 0 Å². The first-order valence-electron chi connectivity index (χ1n) is 10.5. The maximum Gasteiger partial charge on any atom is 0.335 e. The maximum absolute atomic E-state index is 13.3. The highest BCUT2D eigenvalue weighted by Crippen LogP contribution is 2.46. The number of ether oxygens (including phenoxy) is 3. The zero-order valence-electron chi connectivity index (χ0n) is 18.9. The van der Waals surface area contributed by atoms with Gasteiger partial charge in [0.2, 0.25) is 18.4 Å². The van der Waals surface area contributed by atoms with E-state index in [0.717, 1.165) is 4.90 Å². The van der Waals surface area contributed by atoms with Crippen molar-refractivity contribution in [3.05, 3.63) is 53.1 Å². The largest absolute Gasteiger partial charge is 0.492 e. The molecule has 5 amide bonds. The molecule has 1 saturated heterocycles. The third-order valence-corrected chi connectivity index (χ3v) is 5.61. The van der Waals surface area contributed by atoms with E-state index in [0.29, 0.717) is 41.3 Å². The Bertz CT molecular complexity index is 1210. The average Bonchev–Trinajstić information content (AvgIpc) is 3.28. The Balaban J connectivity index is 1.81. The zero-order valence-corrected chi connectivity index (χ0v) is 18.9. The highest BCUT2D eigenvalue weighted by molar-refractivity contribution is 6.39. The Morgan fingerprint density at radius 3 is 2.62 bits per heavy atom. The van der Waals surface area contributed by atoms with E-state index in [2.05, 4.69) is 5.32 Å². The number of hydrogen-bond acceptors (Lipinski definition) is 7. The summed E-state index contributed by atoms with van der Waals surface area (Å²) in [7, 11) is 3.11. The summed E-state index contributed by atoms with van der Waals surface area (Å²) in [6.45, 7) is 1.83. The van der Waals surface area contributed by atoms with Crippen LogP contribution in [0.15, 0.2) is 42.0 Å². The molecule has 2 aromatic rings. The Labute approximate surface area is 195 Å². The highest BCUT2D eigenvalue weighted by Gasteiger charge is 2.37. The number of fused-ring (bicyclic) bond motifs is 1. The van der Waals surface area contributed by atoms with Crippen LogP contribution in [0, 0.1) is 0 Å². The molecule has 0 spiro atoms. The van der Waals surface area contributed by atoms with Crippen molar-refractivity contribution >= 4 is 35.5 Å². The number of nitrogens with zero attached hydrogens (tertiary/aromatic N) is 2. The number of likely N-dealkylation sites (N-methyl/N-ethyl adjacent to an activating group) is 1. The summed E-state index contributed by atoms with van der Waals surface area (Å²) in [6, 6.07) is 9.19. The number of carbonyl (C=O) groups is 4.